The molecule has 5 heteroatoms. The highest BCUT2D eigenvalue weighted by Gasteiger charge is 2.28. The standard InChI is InChI=1S/C14H18F3NO/c15-11-7-13(17)12(16)6-10(11)8-18-9-14(19)4-2-1-3-5-14/h6-7,18-19H,1-5,8-9H2. The summed E-state index contributed by atoms with van der Waals surface area (Å²) >= 11 is 0. The van der Waals surface area contributed by atoms with Crippen LogP contribution in [0.15, 0.2) is 12.1 Å². The number of rotatable bonds is 4. The van der Waals surface area contributed by atoms with Crippen LogP contribution in [0.5, 0.6) is 0 Å². The lowest BCUT2D eigenvalue weighted by Gasteiger charge is -2.32. The molecule has 1 aromatic carbocycles. The van der Waals surface area contributed by atoms with Crippen molar-refractivity contribution in [1.29, 1.82) is 0 Å². The summed E-state index contributed by atoms with van der Waals surface area (Å²) in [5.74, 6) is -3.02. The van der Waals surface area contributed by atoms with Gasteiger partial charge in [-0.1, -0.05) is 19.3 Å². The van der Waals surface area contributed by atoms with Crippen LogP contribution in [0.3, 0.4) is 0 Å². The third-order valence-electron chi connectivity index (χ3n) is 3.64. The molecular formula is C14H18F3NO. The maximum atomic E-state index is 13.4. The normalized spacial score (nSPS) is 18.5. The lowest BCUT2D eigenvalue weighted by atomic mass is 9.85. The summed E-state index contributed by atoms with van der Waals surface area (Å²) in [5.41, 5.74) is -0.689. The van der Waals surface area contributed by atoms with Gasteiger partial charge in [-0.3, -0.25) is 0 Å². The van der Waals surface area contributed by atoms with Gasteiger partial charge in [0, 0.05) is 24.7 Å². The summed E-state index contributed by atoms with van der Waals surface area (Å²) in [5, 5.41) is 13.1. The van der Waals surface area contributed by atoms with Gasteiger partial charge in [0.05, 0.1) is 5.60 Å². The molecule has 2 nitrogen and oxygen atoms in total. The van der Waals surface area contributed by atoms with Gasteiger partial charge < -0.3 is 10.4 Å². The minimum absolute atomic E-state index is 0.0679. The third-order valence-corrected chi connectivity index (χ3v) is 3.64. The van der Waals surface area contributed by atoms with Crippen molar-refractivity contribution in [2.24, 2.45) is 0 Å². The summed E-state index contributed by atoms with van der Waals surface area (Å²) in [6.07, 6.45) is 4.54. The summed E-state index contributed by atoms with van der Waals surface area (Å²) in [7, 11) is 0. The number of aliphatic hydroxyl groups is 1. The topological polar surface area (TPSA) is 32.3 Å². The summed E-state index contributed by atoms with van der Waals surface area (Å²) < 4.78 is 39.1. The van der Waals surface area contributed by atoms with Crippen molar-refractivity contribution < 1.29 is 18.3 Å². The second-order valence-electron chi connectivity index (χ2n) is 5.25. The van der Waals surface area contributed by atoms with Crippen molar-refractivity contribution in [3.8, 4) is 0 Å². The first-order chi connectivity index (χ1) is 9.00. The number of hydrogen-bond acceptors (Lipinski definition) is 2. The van der Waals surface area contributed by atoms with Gasteiger partial charge in [-0.05, 0) is 18.9 Å². The molecule has 2 N–H and O–H groups in total. The molecule has 19 heavy (non-hydrogen) atoms. The minimum Gasteiger partial charge on any atom is -0.389 e. The average Bonchev–Trinajstić information content (AvgIpc) is 2.36. The van der Waals surface area contributed by atoms with Crippen LogP contribution in [-0.2, 0) is 6.54 Å². The molecule has 1 fully saturated rings. The van der Waals surface area contributed by atoms with Crippen molar-refractivity contribution in [1.82, 2.24) is 5.32 Å². The van der Waals surface area contributed by atoms with E-state index in [1.165, 1.54) is 0 Å². The molecule has 0 aliphatic heterocycles. The zero-order valence-electron chi connectivity index (χ0n) is 10.7. The zero-order valence-corrected chi connectivity index (χ0v) is 10.7. The molecule has 0 amide bonds. The van der Waals surface area contributed by atoms with Crippen molar-refractivity contribution in [3.63, 3.8) is 0 Å². The molecule has 0 bridgehead atoms. The molecule has 1 aliphatic rings. The Morgan fingerprint density at radius 1 is 1.00 bits per heavy atom. The number of halogens is 3. The van der Waals surface area contributed by atoms with E-state index in [0.29, 0.717) is 12.6 Å². The number of benzene rings is 1. The fourth-order valence-corrected chi connectivity index (χ4v) is 2.52. The molecule has 1 aromatic rings. The number of hydrogen-bond donors (Lipinski definition) is 2. The quantitative estimate of drug-likeness (QED) is 0.827. The predicted octanol–water partition coefficient (Wildman–Crippen LogP) is 2.89. The molecule has 106 valence electrons. The van der Waals surface area contributed by atoms with Gasteiger partial charge in [-0.25, -0.2) is 13.2 Å². The van der Waals surface area contributed by atoms with Crippen LogP contribution in [0, 0.1) is 17.5 Å². The molecule has 0 heterocycles. The van der Waals surface area contributed by atoms with E-state index in [0.717, 1.165) is 38.2 Å². The van der Waals surface area contributed by atoms with E-state index < -0.39 is 23.1 Å². The lowest BCUT2D eigenvalue weighted by molar-refractivity contribution is 0.00461. The minimum atomic E-state index is -1.19. The van der Waals surface area contributed by atoms with Crippen LogP contribution in [-0.4, -0.2) is 17.3 Å². The van der Waals surface area contributed by atoms with Gasteiger partial charge >= 0.3 is 0 Å². The van der Waals surface area contributed by atoms with Crippen molar-refractivity contribution in [2.45, 2.75) is 44.2 Å². The first kappa shape index (κ1) is 14.3. The van der Waals surface area contributed by atoms with Crippen LogP contribution in [0.25, 0.3) is 0 Å². The Labute approximate surface area is 110 Å². The molecule has 0 spiro atoms. The van der Waals surface area contributed by atoms with Crippen LogP contribution >= 0.6 is 0 Å². The summed E-state index contributed by atoms with van der Waals surface area (Å²) in [4.78, 5) is 0. The smallest absolute Gasteiger partial charge is 0.161 e. The van der Waals surface area contributed by atoms with Crippen LogP contribution in [0.4, 0.5) is 13.2 Å². The first-order valence-corrected chi connectivity index (χ1v) is 6.57. The number of nitrogens with one attached hydrogen (secondary N) is 1. The van der Waals surface area contributed by atoms with Gasteiger partial charge in [0.1, 0.15) is 5.82 Å². The molecular weight excluding hydrogens is 255 g/mol. The molecule has 0 radical (unpaired) electrons. The molecule has 0 atom stereocenters. The average molecular weight is 273 g/mol. The van der Waals surface area contributed by atoms with E-state index in [2.05, 4.69) is 5.32 Å². The van der Waals surface area contributed by atoms with Crippen LogP contribution in [0.2, 0.25) is 0 Å². The first-order valence-electron chi connectivity index (χ1n) is 6.57. The Kier molecular flexibility index (Phi) is 4.47. The summed E-state index contributed by atoms with van der Waals surface area (Å²) in [6.45, 7) is 0.413. The summed E-state index contributed by atoms with van der Waals surface area (Å²) in [6, 6.07) is 1.39. The van der Waals surface area contributed by atoms with Gasteiger partial charge in [0.15, 0.2) is 11.6 Å². The largest absolute Gasteiger partial charge is 0.389 e. The van der Waals surface area contributed by atoms with E-state index in [1.807, 2.05) is 0 Å². The Morgan fingerprint density at radius 3 is 2.32 bits per heavy atom. The van der Waals surface area contributed by atoms with Crippen LogP contribution in [0.1, 0.15) is 37.7 Å². The van der Waals surface area contributed by atoms with Crippen molar-refractivity contribution >= 4 is 0 Å². The highest BCUT2D eigenvalue weighted by molar-refractivity contribution is 5.20. The highest BCUT2D eigenvalue weighted by atomic mass is 19.2. The lowest BCUT2D eigenvalue weighted by Crippen LogP contribution is -2.42. The molecule has 1 saturated carbocycles. The monoisotopic (exact) mass is 273 g/mol. The van der Waals surface area contributed by atoms with Crippen molar-refractivity contribution in [3.05, 3.63) is 35.1 Å². The molecule has 0 unspecified atom stereocenters. The SMILES string of the molecule is OC1(CNCc2cc(F)c(F)cc2F)CCCCC1. The van der Waals surface area contributed by atoms with Gasteiger partial charge in [0.2, 0.25) is 0 Å². The molecule has 0 aromatic heterocycles. The Morgan fingerprint density at radius 2 is 1.63 bits per heavy atom. The highest BCUT2D eigenvalue weighted by Crippen LogP contribution is 2.27. The molecule has 1 aliphatic carbocycles. The zero-order chi connectivity index (χ0) is 13.9. The van der Waals surface area contributed by atoms with Crippen molar-refractivity contribution in [2.75, 3.05) is 6.54 Å². The third kappa shape index (κ3) is 3.70. The Bertz CT molecular complexity index is 445. The fourth-order valence-electron chi connectivity index (χ4n) is 2.52. The molecule has 0 saturated heterocycles. The van der Waals surface area contributed by atoms with E-state index in [4.69, 9.17) is 0 Å². The van der Waals surface area contributed by atoms with Gasteiger partial charge in [-0.15, -0.1) is 0 Å². The Hall–Kier alpha value is -1.07. The second-order valence-corrected chi connectivity index (χ2v) is 5.25. The second kappa shape index (κ2) is 5.92. The maximum absolute atomic E-state index is 13.4. The Balaban J connectivity index is 1.90. The van der Waals surface area contributed by atoms with E-state index in [1.54, 1.807) is 0 Å². The fraction of sp³-hybridized carbons (Fsp3) is 0.571. The van der Waals surface area contributed by atoms with E-state index in [9.17, 15) is 18.3 Å². The van der Waals surface area contributed by atoms with Gasteiger partial charge in [0.25, 0.3) is 0 Å². The van der Waals surface area contributed by atoms with E-state index in [-0.39, 0.29) is 12.1 Å². The van der Waals surface area contributed by atoms with E-state index >= 15 is 0 Å². The maximum Gasteiger partial charge on any atom is 0.161 e. The predicted molar refractivity (Wildman–Crippen MR) is 66.1 cm³/mol. The van der Waals surface area contributed by atoms with Gasteiger partial charge in [-0.2, -0.15) is 0 Å². The molecule has 2 rings (SSSR count). The van der Waals surface area contributed by atoms with Crippen LogP contribution < -0.4 is 5.32 Å².